The molecule has 102 valence electrons. The van der Waals surface area contributed by atoms with Crippen LogP contribution in [0.15, 0.2) is 6.20 Å². The highest BCUT2D eigenvalue weighted by Crippen LogP contribution is 2.27. The molecule has 1 fully saturated rings. The maximum Gasteiger partial charge on any atom is 0.185 e. The van der Waals surface area contributed by atoms with Crippen LogP contribution in [-0.2, 0) is 11.3 Å². The van der Waals surface area contributed by atoms with Gasteiger partial charge in [-0.15, -0.1) is 11.3 Å². The van der Waals surface area contributed by atoms with Crippen LogP contribution in [0.3, 0.4) is 0 Å². The van der Waals surface area contributed by atoms with Gasteiger partial charge in [0, 0.05) is 55.4 Å². The molecule has 1 aromatic heterocycles. The quantitative estimate of drug-likeness (QED) is 0.808. The summed E-state index contributed by atoms with van der Waals surface area (Å²) >= 11 is 3.85. The van der Waals surface area contributed by atoms with E-state index >= 15 is 0 Å². The van der Waals surface area contributed by atoms with Gasteiger partial charge in [0.05, 0.1) is 6.61 Å². The zero-order chi connectivity index (χ0) is 12.8. The Morgan fingerprint density at radius 3 is 3.28 bits per heavy atom. The van der Waals surface area contributed by atoms with Gasteiger partial charge in [-0.2, -0.15) is 11.8 Å². The molecule has 0 aliphatic carbocycles. The standard InChI is InChI=1S/C12H21N3OS2/c1-10-9-15(4-6-17-10)12-14-8-11(18-12)7-13-3-5-16-2/h8,10,13H,3-7,9H2,1-2H3. The van der Waals surface area contributed by atoms with Crippen LogP contribution in [-0.4, -0.2) is 49.3 Å². The van der Waals surface area contributed by atoms with Crippen molar-refractivity contribution in [3.8, 4) is 0 Å². The van der Waals surface area contributed by atoms with E-state index < -0.39 is 0 Å². The number of ether oxygens (including phenoxy) is 1. The molecule has 1 N–H and O–H groups in total. The van der Waals surface area contributed by atoms with Crippen LogP contribution in [0.5, 0.6) is 0 Å². The second kappa shape index (κ2) is 7.33. The number of hydrogen-bond acceptors (Lipinski definition) is 6. The molecular formula is C12H21N3OS2. The maximum atomic E-state index is 5.01. The van der Waals surface area contributed by atoms with Crippen molar-refractivity contribution in [2.45, 2.75) is 18.7 Å². The van der Waals surface area contributed by atoms with Gasteiger partial charge in [0.1, 0.15) is 0 Å². The lowest BCUT2D eigenvalue weighted by molar-refractivity contribution is 0.199. The summed E-state index contributed by atoms with van der Waals surface area (Å²) in [6.45, 7) is 7.07. The van der Waals surface area contributed by atoms with Gasteiger partial charge >= 0.3 is 0 Å². The highest BCUT2D eigenvalue weighted by Gasteiger charge is 2.19. The third kappa shape index (κ3) is 4.12. The van der Waals surface area contributed by atoms with Crippen molar-refractivity contribution >= 4 is 28.2 Å². The number of nitrogens with one attached hydrogen (secondary N) is 1. The first-order chi connectivity index (χ1) is 8.79. The Hall–Kier alpha value is -0.300. The van der Waals surface area contributed by atoms with E-state index in [0.717, 1.165) is 32.8 Å². The number of nitrogens with zero attached hydrogens (tertiary/aromatic N) is 2. The number of anilines is 1. The summed E-state index contributed by atoms with van der Waals surface area (Å²) in [5, 5.41) is 5.24. The minimum Gasteiger partial charge on any atom is -0.383 e. The van der Waals surface area contributed by atoms with Gasteiger partial charge in [-0.25, -0.2) is 4.98 Å². The largest absolute Gasteiger partial charge is 0.383 e. The van der Waals surface area contributed by atoms with Gasteiger partial charge in [0.2, 0.25) is 0 Å². The minimum absolute atomic E-state index is 0.714. The predicted octanol–water partition coefficient (Wildman–Crippen LogP) is 1.82. The zero-order valence-corrected chi connectivity index (χ0v) is 12.6. The van der Waals surface area contributed by atoms with Crippen molar-refractivity contribution in [3.05, 3.63) is 11.1 Å². The summed E-state index contributed by atoms with van der Waals surface area (Å²) in [4.78, 5) is 8.24. The molecule has 1 aliphatic rings. The molecule has 18 heavy (non-hydrogen) atoms. The van der Waals surface area contributed by atoms with Crippen LogP contribution in [0.2, 0.25) is 0 Å². The average molecular weight is 287 g/mol. The molecule has 0 spiro atoms. The van der Waals surface area contributed by atoms with Gasteiger partial charge < -0.3 is 15.0 Å². The smallest absolute Gasteiger partial charge is 0.185 e. The molecule has 1 atom stereocenters. The summed E-state index contributed by atoms with van der Waals surface area (Å²) < 4.78 is 5.01. The molecule has 0 bridgehead atoms. The van der Waals surface area contributed by atoms with E-state index in [0.29, 0.717) is 5.25 Å². The van der Waals surface area contributed by atoms with Crippen molar-refractivity contribution in [2.75, 3.05) is 44.0 Å². The molecule has 0 radical (unpaired) electrons. The molecule has 1 aromatic rings. The first kappa shape index (κ1) is 14.1. The van der Waals surface area contributed by atoms with E-state index in [4.69, 9.17) is 4.74 Å². The second-order valence-electron chi connectivity index (χ2n) is 4.41. The Labute approximate surface area is 117 Å². The molecule has 1 aliphatic heterocycles. The maximum absolute atomic E-state index is 5.01. The Morgan fingerprint density at radius 1 is 1.61 bits per heavy atom. The molecule has 0 amide bonds. The van der Waals surface area contributed by atoms with Gasteiger partial charge in [0.15, 0.2) is 5.13 Å². The topological polar surface area (TPSA) is 37.4 Å². The van der Waals surface area contributed by atoms with E-state index in [-0.39, 0.29) is 0 Å². The summed E-state index contributed by atoms with van der Waals surface area (Å²) in [5.41, 5.74) is 0. The van der Waals surface area contributed by atoms with Gasteiger partial charge in [-0.05, 0) is 0 Å². The number of methoxy groups -OCH3 is 1. The van der Waals surface area contributed by atoms with E-state index in [2.05, 4.69) is 33.9 Å². The summed E-state index contributed by atoms with van der Waals surface area (Å²) in [6, 6.07) is 0. The van der Waals surface area contributed by atoms with E-state index in [1.165, 1.54) is 15.8 Å². The molecule has 0 saturated carbocycles. The van der Waals surface area contributed by atoms with Crippen molar-refractivity contribution in [1.29, 1.82) is 0 Å². The van der Waals surface area contributed by atoms with Gasteiger partial charge in [0.25, 0.3) is 0 Å². The SMILES string of the molecule is COCCNCc1cnc(N2CCSC(C)C2)s1. The Kier molecular flexibility index (Phi) is 5.75. The van der Waals surface area contributed by atoms with Crippen molar-refractivity contribution < 1.29 is 4.74 Å². The second-order valence-corrected chi connectivity index (χ2v) is 7.05. The third-order valence-corrected chi connectivity index (χ3v) is 5.03. The number of aromatic nitrogens is 1. The fraction of sp³-hybridized carbons (Fsp3) is 0.750. The van der Waals surface area contributed by atoms with E-state index in [9.17, 15) is 0 Å². The Morgan fingerprint density at radius 2 is 2.50 bits per heavy atom. The average Bonchev–Trinajstić information content (AvgIpc) is 2.83. The number of thioether (sulfide) groups is 1. The summed E-state index contributed by atoms with van der Waals surface area (Å²) in [5.74, 6) is 1.21. The third-order valence-electron chi connectivity index (χ3n) is 2.84. The first-order valence-electron chi connectivity index (χ1n) is 6.30. The van der Waals surface area contributed by atoms with Gasteiger partial charge in [-0.1, -0.05) is 6.92 Å². The first-order valence-corrected chi connectivity index (χ1v) is 8.17. The van der Waals surface area contributed by atoms with Gasteiger partial charge in [-0.3, -0.25) is 0 Å². The monoisotopic (exact) mass is 287 g/mol. The number of hydrogen-bond donors (Lipinski definition) is 1. The fourth-order valence-corrected chi connectivity index (χ4v) is 3.83. The highest BCUT2D eigenvalue weighted by molar-refractivity contribution is 8.00. The number of rotatable bonds is 6. The van der Waals surface area contributed by atoms with Crippen molar-refractivity contribution in [1.82, 2.24) is 10.3 Å². The predicted molar refractivity (Wildman–Crippen MR) is 79.8 cm³/mol. The van der Waals surface area contributed by atoms with Crippen LogP contribution in [0.25, 0.3) is 0 Å². The van der Waals surface area contributed by atoms with E-state index in [1.54, 1.807) is 18.4 Å². The molecule has 2 rings (SSSR count). The van der Waals surface area contributed by atoms with Crippen LogP contribution >= 0.6 is 23.1 Å². The fourth-order valence-electron chi connectivity index (χ4n) is 1.90. The van der Waals surface area contributed by atoms with Crippen LogP contribution in [0.4, 0.5) is 5.13 Å². The Balaban J connectivity index is 1.81. The highest BCUT2D eigenvalue weighted by atomic mass is 32.2. The van der Waals surface area contributed by atoms with Crippen molar-refractivity contribution in [2.24, 2.45) is 0 Å². The van der Waals surface area contributed by atoms with Crippen molar-refractivity contribution in [3.63, 3.8) is 0 Å². The lowest BCUT2D eigenvalue weighted by Crippen LogP contribution is -2.36. The molecule has 1 unspecified atom stereocenters. The molecule has 4 nitrogen and oxygen atoms in total. The molecule has 6 heteroatoms. The molecule has 2 heterocycles. The lowest BCUT2D eigenvalue weighted by atomic mass is 10.4. The van der Waals surface area contributed by atoms with Crippen LogP contribution < -0.4 is 10.2 Å². The molecule has 1 saturated heterocycles. The lowest BCUT2D eigenvalue weighted by Gasteiger charge is -2.30. The summed E-state index contributed by atoms with van der Waals surface area (Å²) in [7, 11) is 1.72. The van der Waals surface area contributed by atoms with Crippen LogP contribution in [0, 0.1) is 0 Å². The minimum atomic E-state index is 0.714. The van der Waals surface area contributed by atoms with Crippen LogP contribution in [0.1, 0.15) is 11.8 Å². The summed E-state index contributed by atoms with van der Waals surface area (Å²) in [6.07, 6.45) is 1.99. The molecule has 0 aromatic carbocycles. The Bertz CT molecular complexity index is 359. The van der Waals surface area contributed by atoms with E-state index in [1.807, 2.05) is 6.20 Å². The zero-order valence-electron chi connectivity index (χ0n) is 11.0. The normalized spacial score (nSPS) is 20.3. The molecular weight excluding hydrogens is 266 g/mol. The number of thiazole rings is 1.